The minimum Gasteiger partial charge on any atom is -0.354 e. The van der Waals surface area contributed by atoms with Gasteiger partial charge in [-0.15, -0.1) is 0 Å². The van der Waals surface area contributed by atoms with Gasteiger partial charge in [0.15, 0.2) is 0 Å². The van der Waals surface area contributed by atoms with Crippen molar-refractivity contribution in [3.63, 3.8) is 0 Å². The number of nitrogens with zero attached hydrogens (tertiary/aromatic N) is 2. The number of benzene rings is 1. The van der Waals surface area contributed by atoms with E-state index < -0.39 is 0 Å². The molecule has 1 aromatic heterocycles. The molecule has 5 nitrogen and oxygen atoms in total. The molecule has 0 radical (unpaired) electrons. The molecular formula is C15H18N4O. The number of amides is 1. The maximum absolute atomic E-state index is 12.0. The Morgan fingerprint density at radius 2 is 1.85 bits per heavy atom. The standard InChI is InChI=1S/C15H18N4O/c1-2-3-9-16-15-17-10-12(11-18-15)14(20)19-13-7-5-4-6-8-13/h4-8,10-11H,2-3,9H2,1H3,(H,19,20)(H,16,17,18). The van der Waals surface area contributed by atoms with Crippen molar-refractivity contribution in [1.82, 2.24) is 9.97 Å². The van der Waals surface area contributed by atoms with Gasteiger partial charge >= 0.3 is 0 Å². The second kappa shape index (κ2) is 7.23. The van der Waals surface area contributed by atoms with Crippen molar-refractivity contribution < 1.29 is 4.79 Å². The number of hydrogen-bond acceptors (Lipinski definition) is 4. The van der Waals surface area contributed by atoms with Crippen LogP contribution >= 0.6 is 0 Å². The quantitative estimate of drug-likeness (QED) is 0.792. The Labute approximate surface area is 118 Å². The van der Waals surface area contributed by atoms with Gasteiger partial charge in [0.05, 0.1) is 5.56 Å². The second-order valence-corrected chi connectivity index (χ2v) is 4.40. The largest absolute Gasteiger partial charge is 0.354 e. The molecular weight excluding hydrogens is 252 g/mol. The Morgan fingerprint density at radius 3 is 2.50 bits per heavy atom. The van der Waals surface area contributed by atoms with Gasteiger partial charge in [-0.05, 0) is 18.6 Å². The fraction of sp³-hybridized carbons (Fsp3) is 0.267. The zero-order chi connectivity index (χ0) is 14.2. The van der Waals surface area contributed by atoms with Crippen LogP contribution in [0.25, 0.3) is 0 Å². The number of carbonyl (C=O) groups excluding carboxylic acids is 1. The second-order valence-electron chi connectivity index (χ2n) is 4.40. The number of carbonyl (C=O) groups is 1. The number of unbranched alkanes of at least 4 members (excludes halogenated alkanes) is 1. The van der Waals surface area contributed by atoms with Crippen LogP contribution < -0.4 is 10.6 Å². The number of para-hydroxylation sites is 1. The Balaban J connectivity index is 1.94. The highest BCUT2D eigenvalue weighted by Crippen LogP contribution is 2.08. The van der Waals surface area contributed by atoms with E-state index in [4.69, 9.17) is 0 Å². The lowest BCUT2D eigenvalue weighted by Crippen LogP contribution is -2.13. The van der Waals surface area contributed by atoms with Crippen molar-refractivity contribution in [1.29, 1.82) is 0 Å². The summed E-state index contributed by atoms with van der Waals surface area (Å²) < 4.78 is 0. The van der Waals surface area contributed by atoms with Gasteiger partial charge in [0.2, 0.25) is 5.95 Å². The van der Waals surface area contributed by atoms with Crippen molar-refractivity contribution in [2.24, 2.45) is 0 Å². The van der Waals surface area contributed by atoms with Gasteiger partial charge < -0.3 is 10.6 Å². The Kier molecular flexibility index (Phi) is 5.06. The minimum atomic E-state index is -0.212. The van der Waals surface area contributed by atoms with E-state index in [2.05, 4.69) is 27.5 Å². The van der Waals surface area contributed by atoms with Gasteiger partial charge in [0, 0.05) is 24.6 Å². The summed E-state index contributed by atoms with van der Waals surface area (Å²) in [6.45, 7) is 2.96. The van der Waals surface area contributed by atoms with E-state index in [1.807, 2.05) is 30.3 Å². The number of anilines is 2. The van der Waals surface area contributed by atoms with E-state index in [0.717, 1.165) is 25.1 Å². The molecule has 20 heavy (non-hydrogen) atoms. The van der Waals surface area contributed by atoms with Gasteiger partial charge in [-0.2, -0.15) is 0 Å². The van der Waals surface area contributed by atoms with Gasteiger partial charge in [-0.1, -0.05) is 31.5 Å². The molecule has 1 aromatic carbocycles. The van der Waals surface area contributed by atoms with E-state index in [0.29, 0.717) is 11.5 Å². The van der Waals surface area contributed by atoms with Crippen molar-refractivity contribution >= 4 is 17.5 Å². The van der Waals surface area contributed by atoms with Crippen LogP contribution in [-0.4, -0.2) is 22.4 Å². The first-order valence-corrected chi connectivity index (χ1v) is 6.72. The van der Waals surface area contributed by atoms with E-state index in [1.54, 1.807) is 0 Å². The van der Waals surface area contributed by atoms with Crippen molar-refractivity contribution in [3.8, 4) is 0 Å². The summed E-state index contributed by atoms with van der Waals surface area (Å²) in [6.07, 6.45) is 5.24. The number of hydrogen-bond donors (Lipinski definition) is 2. The first kappa shape index (κ1) is 14.0. The molecule has 5 heteroatoms. The molecule has 0 saturated carbocycles. The van der Waals surface area contributed by atoms with E-state index >= 15 is 0 Å². The van der Waals surface area contributed by atoms with Gasteiger partial charge in [-0.25, -0.2) is 9.97 Å². The average molecular weight is 270 g/mol. The summed E-state index contributed by atoms with van der Waals surface area (Å²) in [5, 5.41) is 5.90. The maximum atomic E-state index is 12.0. The average Bonchev–Trinajstić information content (AvgIpc) is 2.49. The molecule has 1 amide bonds. The van der Waals surface area contributed by atoms with E-state index in [-0.39, 0.29) is 5.91 Å². The van der Waals surface area contributed by atoms with Crippen molar-refractivity contribution in [2.45, 2.75) is 19.8 Å². The molecule has 0 unspecified atom stereocenters. The van der Waals surface area contributed by atoms with E-state index in [1.165, 1.54) is 12.4 Å². The van der Waals surface area contributed by atoms with Crippen LogP contribution in [0.2, 0.25) is 0 Å². The molecule has 0 bridgehead atoms. The first-order chi connectivity index (χ1) is 9.79. The normalized spacial score (nSPS) is 10.1. The van der Waals surface area contributed by atoms with Crippen molar-refractivity contribution in [2.75, 3.05) is 17.2 Å². The smallest absolute Gasteiger partial charge is 0.258 e. The van der Waals surface area contributed by atoms with Crippen LogP contribution in [0.1, 0.15) is 30.1 Å². The fourth-order valence-electron chi connectivity index (χ4n) is 1.64. The van der Waals surface area contributed by atoms with Crippen LogP contribution in [-0.2, 0) is 0 Å². The summed E-state index contributed by atoms with van der Waals surface area (Å²) in [5.41, 5.74) is 1.19. The Morgan fingerprint density at radius 1 is 1.15 bits per heavy atom. The van der Waals surface area contributed by atoms with Gasteiger partial charge in [0.25, 0.3) is 5.91 Å². The number of aromatic nitrogens is 2. The molecule has 0 spiro atoms. The van der Waals surface area contributed by atoms with Crippen LogP contribution in [0.3, 0.4) is 0 Å². The van der Waals surface area contributed by atoms with Crippen LogP contribution in [0.4, 0.5) is 11.6 Å². The highest BCUT2D eigenvalue weighted by molar-refractivity contribution is 6.03. The Hall–Kier alpha value is -2.43. The minimum absolute atomic E-state index is 0.212. The zero-order valence-corrected chi connectivity index (χ0v) is 11.5. The summed E-state index contributed by atoms with van der Waals surface area (Å²) >= 11 is 0. The maximum Gasteiger partial charge on any atom is 0.258 e. The lowest BCUT2D eigenvalue weighted by Gasteiger charge is -2.06. The van der Waals surface area contributed by atoms with Crippen molar-refractivity contribution in [3.05, 3.63) is 48.3 Å². The molecule has 0 aliphatic heterocycles. The predicted molar refractivity (Wildman–Crippen MR) is 79.8 cm³/mol. The predicted octanol–water partition coefficient (Wildman–Crippen LogP) is 2.94. The summed E-state index contributed by atoms with van der Waals surface area (Å²) in [6, 6.07) is 9.30. The SMILES string of the molecule is CCCCNc1ncc(C(=O)Nc2ccccc2)cn1. The third-order valence-corrected chi connectivity index (χ3v) is 2.76. The van der Waals surface area contributed by atoms with Crippen LogP contribution in [0, 0.1) is 0 Å². The summed E-state index contributed by atoms with van der Waals surface area (Å²) in [4.78, 5) is 20.2. The van der Waals surface area contributed by atoms with Crippen LogP contribution in [0.15, 0.2) is 42.7 Å². The monoisotopic (exact) mass is 270 g/mol. The molecule has 2 aromatic rings. The highest BCUT2D eigenvalue weighted by Gasteiger charge is 2.07. The molecule has 2 N–H and O–H groups in total. The first-order valence-electron chi connectivity index (χ1n) is 6.72. The molecule has 1 heterocycles. The number of nitrogens with one attached hydrogen (secondary N) is 2. The fourth-order valence-corrected chi connectivity index (χ4v) is 1.64. The van der Waals surface area contributed by atoms with Gasteiger partial charge in [0.1, 0.15) is 0 Å². The molecule has 0 fully saturated rings. The zero-order valence-electron chi connectivity index (χ0n) is 11.5. The Bertz CT molecular complexity index is 540. The highest BCUT2D eigenvalue weighted by atomic mass is 16.1. The lowest BCUT2D eigenvalue weighted by atomic mass is 10.3. The van der Waals surface area contributed by atoms with Crippen LogP contribution in [0.5, 0.6) is 0 Å². The van der Waals surface area contributed by atoms with Gasteiger partial charge in [-0.3, -0.25) is 4.79 Å². The summed E-state index contributed by atoms with van der Waals surface area (Å²) in [7, 11) is 0. The third kappa shape index (κ3) is 4.05. The number of rotatable bonds is 6. The molecule has 104 valence electrons. The molecule has 0 atom stereocenters. The topological polar surface area (TPSA) is 66.9 Å². The molecule has 0 saturated heterocycles. The summed E-state index contributed by atoms with van der Waals surface area (Å²) in [5.74, 6) is 0.339. The molecule has 2 rings (SSSR count). The third-order valence-electron chi connectivity index (χ3n) is 2.76. The molecule has 0 aliphatic rings. The van der Waals surface area contributed by atoms with E-state index in [9.17, 15) is 4.79 Å². The lowest BCUT2D eigenvalue weighted by molar-refractivity contribution is 0.102. The molecule has 0 aliphatic carbocycles.